The summed E-state index contributed by atoms with van der Waals surface area (Å²) < 4.78 is 0. The van der Waals surface area contributed by atoms with Gasteiger partial charge in [-0.05, 0) is 18.2 Å². The third-order valence-corrected chi connectivity index (χ3v) is 3.41. The summed E-state index contributed by atoms with van der Waals surface area (Å²) >= 11 is 13.3. The maximum Gasteiger partial charge on any atom is 0.141 e. The van der Waals surface area contributed by atoms with Crippen LogP contribution in [0.3, 0.4) is 0 Å². The van der Waals surface area contributed by atoms with E-state index in [1.165, 1.54) is 18.0 Å². The highest BCUT2D eigenvalue weighted by molar-refractivity contribution is 7.99. The van der Waals surface area contributed by atoms with E-state index in [9.17, 15) is 0 Å². The van der Waals surface area contributed by atoms with Gasteiger partial charge in [0.05, 0.1) is 17.4 Å². The minimum absolute atomic E-state index is 0.390. The van der Waals surface area contributed by atoms with Crippen molar-refractivity contribution in [2.24, 2.45) is 0 Å². The number of hydrogen-bond acceptors (Lipinski definition) is 4. The molecule has 0 aliphatic rings. The molecule has 82 valence electrons. The van der Waals surface area contributed by atoms with Crippen LogP contribution >= 0.6 is 35.0 Å². The lowest BCUT2D eigenvalue weighted by atomic mass is 10.4. The third-order valence-electron chi connectivity index (χ3n) is 1.76. The molecule has 0 unspecified atom stereocenters. The first-order chi connectivity index (χ1) is 7.65. The van der Waals surface area contributed by atoms with Crippen LogP contribution in [0.1, 0.15) is 0 Å². The fourth-order valence-electron chi connectivity index (χ4n) is 1.05. The Hall–Kier alpha value is -0.970. The lowest BCUT2D eigenvalue weighted by Crippen LogP contribution is -1.91. The molecule has 1 aromatic heterocycles. The second-order valence-electron chi connectivity index (χ2n) is 2.96. The molecule has 3 nitrogen and oxygen atoms in total. The lowest BCUT2D eigenvalue weighted by molar-refractivity contribution is 1.06. The molecule has 0 radical (unpaired) electrons. The monoisotopic (exact) mass is 271 g/mol. The molecule has 0 saturated heterocycles. The van der Waals surface area contributed by atoms with E-state index in [1.807, 2.05) is 0 Å². The van der Waals surface area contributed by atoms with Crippen LogP contribution in [0.5, 0.6) is 0 Å². The number of nitrogens with zero attached hydrogens (tertiary/aromatic N) is 2. The molecule has 2 N–H and O–H groups in total. The highest BCUT2D eigenvalue weighted by atomic mass is 35.5. The molecule has 1 aromatic carbocycles. The normalized spacial score (nSPS) is 10.4. The minimum Gasteiger partial charge on any atom is -0.382 e. The summed E-state index contributed by atoms with van der Waals surface area (Å²) in [5.74, 6) is 0.390. The number of hydrogen-bond donors (Lipinski definition) is 1. The van der Waals surface area contributed by atoms with E-state index >= 15 is 0 Å². The SMILES string of the molecule is Nc1cnc(Sc2cc(Cl)ccc2Cl)cn1. The maximum atomic E-state index is 6.03. The molecule has 0 spiro atoms. The van der Waals surface area contributed by atoms with Crippen molar-refractivity contribution in [1.29, 1.82) is 0 Å². The molecule has 16 heavy (non-hydrogen) atoms. The zero-order chi connectivity index (χ0) is 11.5. The van der Waals surface area contributed by atoms with Crippen LogP contribution in [0, 0.1) is 0 Å². The Bertz CT molecular complexity index is 502. The Morgan fingerprint density at radius 3 is 2.62 bits per heavy atom. The van der Waals surface area contributed by atoms with Gasteiger partial charge >= 0.3 is 0 Å². The summed E-state index contributed by atoms with van der Waals surface area (Å²) in [6.45, 7) is 0. The first-order valence-electron chi connectivity index (χ1n) is 4.35. The second kappa shape index (κ2) is 4.91. The van der Waals surface area contributed by atoms with Gasteiger partial charge in [0.2, 0.25) is 0 Å². The van der Waals surface area contributed by atoms with E-state index in [4.69, 9.17) is 28.9 Å². The summed E-state index contributed by atoms with van der Waals surface area (Å²) in [7, 11) is 0. The van der Waals surface area contributed by atoms with Crippen molar-refractivity contribution in [3.63, 3.8) is 0 Å². The van der Waals surface area contributed by atoms with Gasteiger partial charge in [-0.15, -0.1) is 0 Å². The van der Waals surface area contributed by atoms with Crippen LogP contribution in [0.4, 0.5) is 5.82 Å². The molecule has 0 bridgehead atoms. The highest BCUT2D eigenvalue weighted by Gasteiger charge is 2.05. The van der Waals surface area contributed by atoms with Crippen molar-refractivity contribution in [2.45, 2.75) is 9.92 Å². The van der Waals surface area contributed by atoms with Gasteiger partial charge in [-0.3, -0.25) is 0 Å². The summed E-state index contributed by atoms with van der Waals surface area (Å²) in [6.07, 6.45) is 3.10. The predicted molar refractivity (Wildman–Crippen MR) is 67.0 cm³/mol. The molecule has 0 amide bonds. The molecule has 2 rings (SSSR count). The number of nitrogens with two attached hydrogens (primary N) is 1. The molecule has 0 fully saturated rings. The van der Waals surface area contributed by atoms with Gasteiger partial charge in [-0.1, -0.05) is 35.0 Å². The van der Waals surface area contributed by atoms with Gasteiger partial charge in [0.15, 0.2) is 0 Å². The van der Waals surface area contributed by atoms with E-state index in [1.54, 1.807) is 24.4 Å². The van der Waals surface area contributed by atoms with Crippen LogP contribution < -0.4 is 5.73 Å². The Kier molecular flexibility index (Phi) is 3.53. The molecular weight excluding hydrogens is 265 g/mol. The zero-order valence-corrected chi connectivity index (χ0v) is 10.4. The Balaban J connectivity index is 2.26. The first-order valence-corrected chi connectivity index (χ1v) is 5.93. The minimum atomic E-state index is 0.390. The molecule has 1 heterocycles. The number of benzene rings is 1. The van der Waals surface area contributed by atoms with Gasteiger partial charge < -0.3 is 5.73 Å². The lowest BCUT2D eigenvalue weighted by Gasteiger charge is -2.03. The highest BCUT2D eigenvalue weighted by Crippen LogP contribution is 2.33. The number of anilines is 1. The van der Waals surface area contributed by atoms with Gasteiger partial charge in [-0.2, -0.15) is 0 Å². The zero-order valence-electron chi connectivity index (χ0n) is 8.02. The molecule has 0 aliphatic heterocycles. The summed E-state index contributed by atoms with van der Waals surface area (Å²) in [5.41, 5.74) is 5.44. The maximum absolute atomic E-state index is 6.03. The van der Waals surface area contributed by atoms with Gasteiger partial charge in [0.25, 0.3) is 0 Å². The standard InChI is InChI=1S/C10H7Cl2N3S/c11-6-1-2-7(12)8(3-6)16-10-5-14-9(13)4-15-10/h1-5H,(H2,13,14). The Labute approximate surface area is 107 Å². The Morgan fingerprint density at radius 1 is 1.12 bits per heavy atom. The molecular formula is C10H7Cl2N3S. The molecule has 2 aromatic rings. The van der Waals surface area contributed by atoms with Crippen molar-refractivity contribution in [2.75, 3.05) is 5.73 Å². The molecule has 6 heteroatoms. The summed E-state index contributed by atoms with van der Waals surface area (Å²) in [4.78, 5) is 8.90. The van der Waals surface area contributed by atoms with E-state index in [0.29, 0.717) is 15.9 Å². The van der Waals surface area contributed by atoms with Crippen molar-refractivity contribution < 1.29 is 0 Å². The van der Waals surface area contributed by atoms with Crippen LogP contribution in [-0.4, -0.2) is 9.97 Å². The topological polar surface area (TPSA) is 51.8 Å². The van der Waals surface area contributed by atoms with Crippen LogP contribution in [0.15, 0.2) is 40.5 Å². The Morgan fingerprint density at radius 2 is 1.94 bits per heavy atom. The van der Waals surface area contributed by atoms with Crippen LogP contribution in [0.25, 0.3) is 0 Å². The van der Waals surface area contributed by atoms with E-state index in [2.05, 4.69) is 9.97 Å². The van der Waals surface area contributed by atoms with E-state index < -0.39 is 0 Å². The quantitative estimate of drug-likeness (QED) is 0.908. The smallest absolute Gasteiger partial charge is 0.141 e. The fourth-order valence-corrected chi connectivity index (χ4v) is 2.30. The average Bonchev–Trinajstić information content (AvgIpc) is 2.27. The van der Waals surface area contributed by atoms with Crippen molar-refractivity contribution in [1.82, 2.24) is 9.97 Å². The number of nitrogen functional groups attached to an aromatic ring is 1. The second-order valence-corrected chi connectivity index (χ2v) is 4.86. The van der Waals surface area contributed by atoms with Gasteiger partial charge in [0, 0.05) is 9.92 Å². The number of aromatic nitrogens is 2. The number of rotatable bonds is 2. The van der Waals surface area contributed by atoms with Gasteiger partial charge in [0.1, 0.15) is 10.8 Å². The van der Waals surface area contributed by atoms with Crippen molar-refractivity contribution >= 4 is 40.8 Å². The molecule has 0 atom stereocenters. The molecule has 0 aliphatic carbocycles. The first kappa shape index (κ1) is 11.5. The van der Waals surface area contributed by atoms with Crippen LogP contribution in [-0.2, 0) is 0 Å². The number of halogens is 2. The summed E-state index contributed by atoms with van der Waals surface area (Å²) in [6, 6.07) is 5.27. The van der Waals surface area contributed by atoms with E-state index in [0.717, 1.165) is 9.92 Å². The van der Waals surface area contributed by atoms with E-state index in [-0.39, 0.29) is 0 Å². The average molecular weight is 272 g/mol. The van der Waals surface area contributed by atoms with Crippen molar-refractivity contribution in [3.8, 4) is 0 Å². The fraction of sp³-hybridized carbons (Fsp3) is 0. The largest absolute Gasteiger partial charge is 0.382 e. The summed E-state index contributed by atoms with van der Waals surface area (Å²) in [5, 5.41) is 1.99. The molecule has 0 saturated carbocycles. The van der Waals surface area contributed by atoms with Crippen molar-refractivity contribution in [3.05, 3.63) is 40.6 Å². The predicted octanol–water partition coefficient (Wildman–Crippen LogP) is 3.52. The van der Waals surface area contributed by atoms with Crippen LogP contribution in [0.2, 0.25) is 10.0 Å². The van der Waals surface area contributed by atoms with Gasteiger partial charge in [-0.25, -0.2) is 9.97 Å². The third kappa shape index (κ3) is 2.78.